The number of rotatable bonds is 4. The summed E-state index contributed by atoms with van der Waals surface area (Å²) in [7, 11) is 0. The number of hydrogen-bond acceptors (Lipinski definition) is 2. The van der Waals surface area contributed by atoms with Crippen molar-refractivity contribution < 1.29 is 4.79 Å². The van der Waals surface area contributed by atoms with Crippen molar-refractivity contribution in [3.05, 3.63) is 24.0 Å². The number of nitrogens with two attached hydrogens (primary N) is 1. The van der Waals surface area contributed by atoms with Crippen molar-refractivity contribution in [1.29, 1.82) is 0 Å². The molecule has 1 saturated heterocycles. The molecule has 1 amide bonds. The molecule has 1 unspecified atom stereocenters. The minimum absolute atomic E-state index is 0.118. The Hall–Kier alpha value is -1.29. The molecule has 94 valence electrons. The standard InChI is InChI=1S/C13H21N3O/c1-13(10-14)7-3-9-16(13)12(17)6-5-11-4-2-8-15-11/h2,4,8,15H,3,5-7,9-10,14H2,1H3. The average molecular weight is 235 g/mol. The van der Waals surface area contributed by atoms with Crippen molar-refractivity contribution in [2.75, 3.05) is 13.1 Å². The molecule has 1 aromatic rings. The summed E-state index contributed by atoms with van der Waals surface area (Å²) < 4.78 is 0. The second kappa shape index (κ2) is 4.92. The van der Waals surface area contributed by atoms with Gasteiger partial charge in [-0.15, -0.1) is 0 Å². The van der Waals surface area contributed by atoms with Crippen LogP contribution in [0.5, 0.6) is 0 Å². The summed E-state index contributed by atoms with van der Waals surface area (Å²) in [4.78, 5) is 17.3. The maximum Gasteiger partial charge on any atom is 0.223 e. The predicted octanol–water partition coefficient (Wildman–Crippen LogP) is 1.29. The minimum Gasteiger partial charge on any atom is -0.365 e. The molecule has 0 aliphatic carbocycles. The van der Waals surface area contributed by atoms with E-state index in [-0.39, 0.29) is 11.4 Å². The van der Waals surface area contributed by atoms with Crippen LogP contribution in [0.25, 0.3) is 0 Å². The van der Waals surface area contributed by atoms with Crippen LogP contribution in [-0.2, 0) is 11.2 Å². The molecule has 4 heteroatoms. The molecule has 2 heterocycles. The molecular weight excluding hydrogens is 214 g/mol. The highest BCUT2D eigenvalue weighted by Gasteiger charge is 2.37. The summed E-state index contributed by atoms with van der Waals surface area (Å²) in [6, 6.07) is 3.97. The van der Waals surface area contributed by atoms with E-state index in [0.717, 1.165) is 31.5 Å². The fourth-order valence-corrected chi connectivity index (χ4v) is 2.56. The van der Waals surface area contributed by atoms with Gasteiger partial charge in [-0.25, -0.2) is 0 Å². The molecule has 17 heavy (non-hydrogen) atoms. The molecule has 0 bridgehead atoms. The lowest BCUT2D eigenvalue weighted by Crippen LogP contribution is -2.50. The Kier molecular flexibility index (Phi) is 3.52. The normalized spacial score (nSPS) is 24.2. The summed E-state index contributed by atoms with van der Waals surface area (Å²) in [5.74, 6) is 0.227. The van der Waals surface area contributed by atoms with Crippen molar-refractivity contribution in [3.8, 4) is 0 Å². The van der Waals surface area contributed by atoms with Crippen molar-refractivity contribution in [2.24, 2.45) is 5.73 Å². The van der Waals surface area contributed by atoms with Gasteiger partial charge in [0.15, 0.2) is 0 Å². The Labute approximate surface area is 102 Å². The maximum absolute atomic E-state index is 12.2. The van der Waals surface area contributed by atoms with Crippen molar-refractivity contribution >= 4 is 5.91 Å². The van der Waals surface area contributed by atoms with Gasteiger partial charge in [0.25, 0.3) is 0 Å². The van der Waals surface area contributed by atoms with Crippen LogP contribution in [0.4, 0.5) is 0 Å². The second-order valence-corrected chi connectivity index (χ2v) is 5.05. The third kappa shape index (κ3) is 2.52. The summed E-state index contributed by atoms with van der Waals surface area (Å²) in [6.45, 7) is 3.51. The highest BCUT2D eigenvalue weighted by atomic mass is 16.2. The van der Waals surface area contributed by atoms with E-state index < -0.39 is 0 Å². The summed E-state index contributed by atoms with van der Waals surface area (Å²) in [5.41, 5.74) is 6.79. The number of carbonyl (C=O) groups excluding carboxylic acids is 1. The van der Waals surface area contributed by atoms with E-state index in [2.05, 4.69) is 11.9 Å². The smallest absolute Gasteiger partial charge is 0.223 e. The highest BCUT2D eigenvalue weighted by molar-refractivity contribution is 5.77. The number of H-pyrrole nitrogens is 1. The van der Waals surface area contributed by atoms with Gasteiger partial charge in [0.05, 0.1) is 5.54 Å². The fraction of sp³-hybridized carbons (Fsp3) is 0.615. The van der Waals surface area contributed by atoms with Gasteiger partial charge in [-0.3, -0.25) is 4.79 Å². The SMILES string of the molecule is CC1(CN)CCCN1C(=O)CCc1ccc[nH]1. The fourth-order valence-electron chi connectivity index (χ4n) is 2.56. The van der Waals surface area contributed by atoms with Crippen LogP contribution in [0.3, 0.4) is 0 Å². The van der Waals surface area contributed by atoms with E-state index in [9.17, 15) is 4.79 Å². The van der Waals surface area contributed by atoms with E-state index in [1.54, 1.807) is 0 Å². The third-order valence-corrected chi connectivity index (χ3v) is 3.76. The van der Waals surface area contributed by atoms with Crippen LogP contribution in [0.15, 0.2) is 18.3 Å². The number of aromatic amines is 1. The Morgan fingerprint density at radius 1 is 1.65 bits per heavy atom. The quantitative estimate of drug-likeness (QED) is 0.826. The van der Waals surface area contributed by atoms with Gasteiger partial charge in [-0.1, -0.05) is 0 Å². The van der Waals surface area contributed by atoms with Crippen LogP contribution >= 0.6 is 0 Å². The Morgan fingerprint density at radius 3 is 3.12 bits per heavy atom. The Morgan fingerprint density at radius 2 is 2.47 bits per heavy atom. The van der Waals surface area contributed by atoms with Crippen molar-refractivity contribution in [3.63, 3.8) is 0 Å². The first kappa shape index (κ1) is 12.2. The van der Waals surface area contributed by atoms with Crippen molar-refractivity contribution in [2.45, 2.75) is 38.1 Å². The zero-order chi connectivity index (χ0) is 12.3. The van der Waals surface area contributed by atoms with Gasteiger partial charge in [0.2, 0.25) is 5.91 Å². The summed E-state index contributed by atoms with van der Waals surface area (Å²) in [5, 5.41) is 0. The Balaban J connectivity index is 1.91. The molecule has 1 aliphatic rings. The molecule has 3 N–H and O–H groups in total. The van der Waals surface area contributed by atoms with Crippen molar-refractivity contribution in [1.82, 2.24) is 9.88 Å². The lowest BCUT2D eigenvalue weighted by molar-refractivity contribution is -0.134. The first-order chi connectivity index (χ1) is 8.15. The number of amides is 1. The predicted molar refractivity (Wildman–Crippen MR) is 67.5 cm³/mol. The molecule has 4 nitrogen and oxygen atoms in total. The molecule has 1 aliphatic heterocycles. The molecule has 1 aromatic heterocycles. The van der Waals surface area contributed by atoms with E-state index in [1.807, 2.05) is 23.2 Å². The van der Waals surface area contributed by atoms with Gasteiger partial charge >= 0.3 is 0 Å². The lowest BCUT2D eigenvalue weighted by atomic mass is 9.99. The molecule has 0 radical (unpaired) electrons. The van der Waals surface area contributed by atoms with E-state index >= 15 is 0 Å². The van der Waals surface area contributed by atoms with Crippen LogP contribution in [0.2, 0.25) is 0 Å². The first-order valence-electron chi connectivity index (χ1n) is 6.28. The van der Waals surface area contributed by atoms with Gasteiger partial charge in [0, 0.05) is 31.4 Å². The zero-order valence-electron chi connectivity index (χ0n) is 10.4. The van der Waals surface area contributed by atoms with E-state index in [0.29, 0.717) is 13.0 Å². The number of carbonyl (C=O) groups is 1. The summed E-state index contributed by atoms with van der Waals surface area (Å²) >= 11 is 0. The summed E-state index contributed by atoms with van der Waals surface area (Å²) in [6.07, 6.45) is 5.33. The molecule has 1 fully saturated rings. The number of aryl methyl sites for hydroxylation is 1. The Bertz CT molecular complexity index is 374. The number of nitrogens with zero attached hydrogens (tertiary/aromatic N) is 1. The van der Waals surface area contributed by atoms with Gasteiger partial charge in [0.1, 0.15) is 0 Å². The number of aromatic nitrogens is 1. The monoisotopic (exact) mass is 235 g/mol. The van der Waals surface area contributed by atoms with Crippen LogP contribution in [0.1, 0.15) is 31.9 Å². The average Bonchev–Trinajstić information content (AvgIpc) is 2.95. The third-order valence-electron chi connectivity index (χ3n) is 3.76. The van der Waals surface area contributed by atoms with E-state index in [4.69, 9.17) is 5.73 Å². The highest BCUT2D eigenvalue weighted by Crippen LogP contribution is 2.28. The van der Waals surface area contributed by atoms with Gasteiger partial charge < -0.3 is 15.6 Å². The lowest BCUT2D eigenvalue weighted by Gasteiger charge is -2.34. The molecule has 0 saturated carbocycles. The topological polar surface area (TPSA) is 62.1 Å². The van der Waals surface area contributed by atoms with E-state index in [1.165, 1.54) is 0 Å². The molecule has 2 rings (SSSR count). The number of nitrogens with one attached hydrogen (secondary N) is 1. The molecule has 0 aromatic carbocycles. The molecule has 0 spiro atoms. The maximum atomic E-state index is 12.2. The van der Waals surface area contributed by atoms with Gasteiger partial charge in [-0.2, -0.15) is 0 Å². The number of likely N-dealkylation sites (tertiary alicyclic amines) is 1. The minimum atomic E-state index is -0.118. The number of hydrogen-bond donors (Lipinski definition) is 2. The van der Waals surface area contributed by atoms with Crippen LogP contribution in [-0.4, -0.2) is 34.4 Å². The second-order valence-electron chi connectivity index (χ2n) is 5.05. The molecule has 1 atom stereocenters. The van der Waals surface area contributed by atoms with Crippen LogP contribution in [0, 0.1) is 0 Å². The van der Waals surface area contributed by atoms with Gasteiger partial charge in [-0.05, 0) is 38.3 Å². The zero-order valence-corrected chi connectivity index (χ0v) is 10.4. The molecular formula is C13H21N3O. The largest absolute Gasteiger partial charge is 0.365 e. The van der Waals surface area contributed by atoms with Crippen LogP contribution < -0.4 is 5.73 Å². The first-order valence-corrected chi connectivity index (χ1v) is 6.28.